The molecule has 0 bridgehead atoms. The van der Waals surface area contributed by atoms with Gasteiger partial charge in [0.25, 0.3) is 0 Å². The van der Waals surface area contributed by atoms with Gasteiger partial charge in [-0.2, -0.15) is 0 Å². The molecule has 0 aromatic heterocycles. The van der Waals surface area contributed by atoms with Crippen molar-refractivity contribution in [2.75, 3.05) is 6.61 Å². The third kappa shape index (κ3) is 4.41. The van der Waals surface area contributed by atoms with Gasteiger partial charge in [-0.3, -0.25) is 10.4 Å². The summed E-state index contributed by atoms with van der Waals surface area (Å²) in [6.07, 6.45) is 0.00764. The number of nitrogens with zero attached hydrogens (tertiary/aromatic N) is 2. The molecule has 0 fully saturated rings. The highest BCUT2D eigenvalue weighted by Crippen LogP contribution is 2.24. The Kier molecular flexibility index (Phi) is 6.76. The normalized spacial score (nSPS) is 28.2. The lowest BCUT2D eigenvalue weighted by Crippen LogP contribution is -2.57. The fourth-order valence-electron chi connectivity index (χ4n) is 2.13. The molecule has 0 aromatic carbocycles. The van der Waals surface area contributed by atoms with E-state index in [9.17, 15) is 10.2 Å². The van der Waals surface area contributed by atoms with E-state index in [0.717, 1.165) is 6.21 Å². The Morgan fingerprint density at radius 3 is 2.77 bits per heavy atom. The molecule has 0 radical (unpaired) electrons. The van der Waals surface area contributed by atoms with Crippen LogP contribution < -0.4 is 11.1 Å². The predicted molar refractivity (Wildman–Crippen MR) is 79.1 cm³/mol. The van der Waals surface area contributed by atoms with E-state index in [-0.39, 0.29) is 11.7 Å². The second-order valence-corrected chi connectivity index (χ2v) is 4.62. The van der Waals surface area contributed by atoms with Crippen LogP contribution in [0.1, 0.15) is 6.92 Å². The number of rotatable bonds is 6. The Morgan fingerprint density at radius 2 is 2.27 bits per heavy atom. The van der Waals surface area contributed by atoms with Crippen molar-refractivity contribution in [3.8, 4) is 0 Å². The molecule has 0 saturated heterocycles. The Labute approximate surface area is 127 Å². The number of oxime groups is 1. The lowest BCUT2D eigenvalue weighted by atomic mass is 9.92. The fraction of sp³-hybridized carbons (Fsp3) is 0.583. The maximum atomic E-state index is 10.1. The van der Waals surface area contributed by atoms with Crippen LogP contribution in [0, 0.1) is 5.41 Å². The maximum Gasteiger partial charge on any atom is 0.186 e. The number of ether oxygens (including phenoxy) is 1. The fourth-order valence-corrected chi connectivity index (χ4v) is 2.13. The van der Waals surface area contributed by atoms with Gasteiger partial charge < -0.3 is 36.3 Å². The number of nitrogens with one attached hydrogen (secondary N) is 2. The zero-order valence-electron chi connectivity index (χ0n) is 12.0. The molecule has 10 heteroatoms. The summed E-state index contributed by atoms with van der Waals surface area (Å²) in [6, 6.07) is -1.36. The molecule has 0 saturated carbocycles. The summed E-state index contributed by atoms with van der Waals surface area (Å²) in [5.74, 6) is -0.228. The quantitative estimate of drug-likeness (QED) is 0.125. The monoisotopic (exact) mass is 315 g/mol. The number of hydrogen-bond acceptors (Lipinski definition) is 8. The van der Waals surface area contributed by atoms with Crippen LogP contribution >= 0.6 is 0 Å². The summed E-state index contributed by atoms with van der Waals surface area (Å²) in [5, 5.41) is 50.1. The molecule has 22 heavy (non-hydrogen) atoms. The Bertz CT molecular complexity index is 467. The van der Waals surface area contributed by atoms with Gasteiger partial charge in [-0.25, -0.2) is 0 Å². The highest BCUT2D eigenvalue weighted by atomic mass is 16.5. The number of allylic oxidation sites excluding steroid dienone is 1. The van der Waals surface area contributed by atoms with Crippen LogP contribution in [0.4, 0.5) is 0 Å². The van der Waals surface area contributed by atoms with Crippen molar-refractivity contribution in [3.63, 3.8) is 0 Å². The standard InChI is InChI=1S/C12H21N5O5/c1-2-15-9-7(17-12(13)14)3-6(4-16-21)22-11(9)10(20)8(19)5-18/h2-4,7-11,18-21H,5H2,1H3,(H4,13,14,17)/b15-2?,16-4+/t7-,8+,9+,10+,11+/m0/s1. The van der Waals surface area contributed by atoms with E-state index in [2.05, 4.69) is 15.5 Å². The number of hydrogen-bond donors (Lipinski definition) is 7. The van der Waals surface area contributed by atoms with Crippen LogP contribution in [-0.2, 0) is 4.74 Å². The van der Waals surface area contributed by atoms with E-state index in [1.165, 1.54) is 12.3 Å². The lowest BCUT2D eigenvalue weighted by molar-refractivity contribution is -0.0953. The van der Waals surface area contributed by atoms with E-state index in [4.69, 9.17) is 26.2 Å². The van der Waals surface area contributed by atoms with Crippen molar-refractivity contribution in [1.82, 2.24) is 5.32 Å². The van der Waals surface area contributed by atoms with Crippen molar-refractivity contribution >= 4 is 18.4 Å². The molecule has 0 aromatic rings. The average Bonchev–Trinajstić information content (AvgIpc) is 2.47. The van der Waals surface area contributed by atoms with Gasteiger partial charge in [-0.15, -0.1) is 0 Å². The molecule has 0 spiro atoms. The van der Waals surface area contributed by atoms with E-state index in [0.29, 0.717) is 0 Å². The summed E-state index contributed by atoms with van der Waals surface area (Å²) in [6.45, 7) is 0.993. The van der Waals surface area contributed by atoms with Crippen LogP contribution in [0.3, 0.4) is 0 Å². The number of aliphatic hydroxyl groups is 3. The minimum Gasteiger partial charge on any atom is -0.484 e. The summed E-state index contributed by atoms with van der Waals surface area (Å²) < 4.78 is 5.45. The van der Waals surface area contributed by atoms with Crippen LogP contribution in [0.2, 0.25) is 0 Å². The first-order valence-corrected chi connectivity index (χ1v) is 6.55. The number of aliphatic hydroxyl groups excluding tert-OH is 3. The summed E-state index contributed by atoms with van der Waals surface area (Å²) in [4.78, 5) is 4.16. The van der Waals surface area contributed by atoms with E-state index in [1.807, 2.05) is 0 Å². The van der Waals surface area contributed by atoms with Gasteiger partial charge in [0.15, 0.2) is 12.1 Å². The second-order valence-electron chi connectivity index (χ2n) is 4.62. The number of aliphatic imine (C=N–C) groups is 1. The van der Waals surface area contributed by atoms with Gasteiger partial charge in [0.2, 0.25) is 0 Å². The summed E-state index contributed by atoms with van der Waals surface area (Å²) in [5.41, 5.74) is 5.32. The second kappa shape index (κ2) is 8.32. The van der Waals surface area contributed by atoms with Gasteiger partial charge in [0.1, 0.15) is 30.2 Å². The Morgan fingerprint density at radius 1 is 1.59 bits per heavy atom. The molecule has 10 nitrogen and oxygen atoms in total. The Hall–Kier alpha value is -2.17. The first-order chi connectivity index (χ1) is 10.4. The van der Waals surface area contributed by atoms with Gasteiger partial charge in [0, 0.05) is 0 Å². The van der Waals surface area contributed by atoms with Crippen molar-refractivity contribution in [2.45, 2.75) is 37.3 Å². The maximum absolute atomic E-state index is 10.1. The largest absolute Gasteiger partial charge is 0.484 e. The molecule has 8 N–H and O–H groups in total. The van der Waals surface area contributed by atoms with Gasteiger partial charge in [-0.1, -0.05) is 5.16 Å². The van der Waals surface area contributed by atoms with Crippen molar-refractivity contribution in [2.24, 2.45) is 15.9 Å². The molecule has 0 amide bonds. The van der Waals surface area contributed by atoms with Crippen LogP contribution in [0.5, 0.6) is 0 Å². The zero-order valence-corrected chi connectivity index (χ0v) is 12.0. The number of guanidine groups is 1. The van der Waals surface area contributed by atoms with Gasteiger partial charge in [-0.05, 0) is 19.2 Å². The van der Waals surface area contributed by atoms with Crippen LogP contribution in [0.25, 0.3) is 0 Å². The molecule has 1 rings (SSSR count). The summed E-state index contributed by atoms with van der Waals surface area (Å²) in [7, 11) is 0. The van der Waals surface area contributed by atoms with Gasteiger partial charge in [0.05, 0.1) is 12.6 Å². The first-order valence-electron chi connectivity index (χ1n) is 6.55. The van der Waals surface area contributed by atoms with Crippen molar-refractivity contribution in [3.05, 3.63) is 11.8 Å². The topological polar surface area (TPSA) is 177 Å². The molecule has 1 aliphatic rings. The zero-order chi connectivity index (χ0) is 16.7. The minimum atomic E-state index is -1.45. The minimum absolute atomic E-state index is 0.0954. The van der Waals surface area contributed by atoms with E-state index >= 15 is 0 Å². The summed E-state index contributed by atoms with van der Waals surface area (Å²) >= 11 is 0. The molecular weight excluding hydrogens is 294 g/mol. The Balaban J connectivity index is 3.16. The number of nitrogens with two attached hydrogens (primary N) is 1. The molecule has 0 unspecified atom stereocenters. The van der Waals surface area contributed by atoms with E-state index in [1.54, 1.807) is 6.92 Å². The molecule has 1 heterocycles. The average molecular weight is 315 g/mol. The van der Waals surface area contributed by atoms with Crippen LogP contribution in [0.15, 0.2) is 22.0 Å². The van der Waals surface area contributed by atoms with Crippen molar-refractivity contribution in [1.29, 1.82) is 5.41 Å². The van der Waals surface area contributed by atoms with Crippen molar-refractivity contribution < 1.29 is 25.3 Å². The smallest absolute Gasteiger partial charge is 0.186 e. The molecule has 124 valence electrons. The molecule has 0 aliphatic carbocycles. The van der Waals surface area contributed by atoms with E-state index < -0.39 is 37.0 Å². The highest BCUT2D eigenvalue weighted by molar-refractivity contribution is 5.78. The third-order valence-electron chi connectivity index (χ3n) is 3.07. The van der Waals surface area contributed by atoms with Gasteiger partial charge >= 0.3 is 0 Å². The molecule has 5 atom stereocenters. The van der Waals surface area contributed by atoms with Crippen LogP contribution in [-0.4, -0.2) is 75.9 Å². The molecule has 1 aliphatic heterocycles. The highest BCUT2D eigenvalue weighted by Gasteiger charge is 2.41. The third-order valence-corrected chi connectivity index (χ3v) is 3.07. The predicted octanol–water partition coefficient (Wildman–Crippen LogP) is -2.25. The molecular formula is C12H21N5O5. The first kappa shape index (κ1) is 17.9. The lowest BCUT2D eigenvalue weighted by Gasteiger charge is -2.38. The SMILES string of the molecule is CC=N[C@H]1[C@H]([C@H](O)[C@H](O)CO)OC(/C=N/O)=C[C@@H]1NC(=N)N.